The van der Waals surface area contributed by atoms with E-state index in [0.29, 0.717) is 5.95 Å². The van der Waals surface area contributed by atoms with Crippen LogP contribution in [0.25, 0.3) is 6.08 Å². The summed E-state index contributed by atoms with van der Waals surface area (Å²) in [4.78, 5) is 36.2. The Balaban J connectivity index is 1.75. The molecular formula is C28H28Cl2N5O3-. The van der Waals surface area contributed by atoms with Crippen molar-refractivity contribution in [1.29, 1.82) is 0 Å². The van der Waals surface area contributed by atoms with E-state index < -0.39 is 17.9 Å². The number of aromatic nitrogens is 2. The summed E-state index contributed by atoms with van der Waals surface area (Å²) in [6.45, 7) is 6.24. The number of halogens is 2. The minimum atomic E-state index is -1.15. The topological polar surface area (TPSA) is 101 Å². The lowest BCUT2D eigenvalue weighted by Crippen LogP contribution is -2.45. The Morgan fingerprint density at radius 3 is 2.34 bits per heavy atom. The fourth-order valence-corrected chi connectivity index (χ4v) is 4.18. The third-order valence-electron chi connectivity index (χ3n) is 5.59. The quantitative estimate of drug-likeness (QED) is 0.261. The third kappa shape index (κ3) is 7.64. The minimum absolute atomic E-state index is 0.0271. The highest BCUT2D eigenvalue weighted by molar-refractivity contribution is 6.39. The van der Waals surface area contributed by atoms with Crippen molar-refractivity contribution in [1.82, 2.24) is 20.3 Å². The highest BCUT2D eigenvalue weighted by atomic mass is 35.5. The van der Waals surface area contributed by atoms with E-state index in [1.807, 2.05) is 24.3 Å². The molecule has 8 nitrogen and oxygen atoms in total. The summed E-state index contributed by atoms with van der Waals surface area (Å²) in [7, 11) is 0. The molecule has 1 atom stereocenters. The lowest BCUT2D eigenvalue weighted by atomic mass is 10.1. The van der Waals surface area contributed by atoms with E-state index in [4.69, 9.17) is 23.2 Å². The number of hydrogen-bond donors (Lipinski definition) is 1. The second-order valence-corrected chi connectivity index (χ2v) is 9.07. The van der Waals surface area contributed by atoms with E-state index in [9.17, 15) is 14.8 Å². The number of unbranched alkanes of at least 4 members (excludes halogenated alkanes) is 1. The molecule has 38 heavy (non-hydrogen) atoms. The van der Waals surface area contributed by atoms with Crippen molar-refractivity contribution < 1.29 is 9.59 Å². The van der Waals surface area contributed by atoms with Crippen LogP contribution in [-0.4, -0.2) is 39.4 Å². The van der Waals surface area contributed by atoms with Crippen molar-refractivity contribution in [2.24, 2.45) is 0 Å². The SMILES string of the molecule is C=CN([O-])C(=O)C(C/C=C/c1ccc(N(CCCC)c2ncccn2)cc1)NC(=O)c1c(Cl)cccc1Cl. The summed E-state index contributed by atoms with van der Waals surface area (Å²) in [5, 5.41) is 14.8. The number of anilines is 2. The normalized spacial score (nSPS) is 11.7. The number of carbonyl (C=O) groups is 2. The van der Waals surface area contributed by atoms with Crippen LogP contribution in [0.3, 0.4) is 0 Å². The molecule has 1 N–H and O–H groups in total. The van der Waals surface area contributed by atoms with Gasteiger partial charge in [-0.1, -0.05) is 73.5 Å². The molecule has 2 amide bonds. The van der Waals surface area contributed by atoms with Crippen molar-refractivity contribution in [3.8, 4) is 0 Å². The van der Waals surface area contributed by atoms with Crippen LogP contribution in [0.15, 0.2) is 79.8 Å². The summed E-state index contributed by atoms with van der Waals surface area (Å²) in [6, 6.07) is 13.0. The van der Waals surface area contributed by atoms with E-state index in [1.54, 1.807) is 36.7 Å². The van der Waals surface area contributed by atoms with E-state index >= 15 is 0 Å². The molecule has 10 heteroatoms. The number of nitrogens with zero attached hydrogens (tertiary/aromatic N) is 4. The average molecular weight is 553 g/mol. The number of hydroxylamine groups is 2. The monoisotopic (exact) mass is 552 g/mol. The van der Waals surface area contributed by atoms with E-state index in [-0.39, 0.29) is 27.1 Å². The highest BCUT2D eigenvalue weighted by Crippen LogP contribution is 2.25. The second-order valence-electron chi connectivity index (χ2n) is 8.25. The van der Waals surface area contributed by atoms with Crippen molar-refractivity contribution in [3.05, 3.63) is 106 Å². The Bertz CT molecular complexity index is 1250. The third-order valence-corrected chi connectivity index (χ3v) is 6.22. The standard InChI is InChI=1S/C28H28Cl2N5O3/c1-3-5-19-34(28-31-17-8-18-32-28)21-15-13-20(14-16-21)9-6-12-24(27(37)35(38)4-2)33-26(36)25-22(29)10-7-11-23(25)30/h4,6-11,13-18,24H,2-3,5,12,19H2,1H3,(H,33,36)/q-1/b9-6+. The summed E-state index contributed by atoms with van der Waals surface area (Å²) in [5.41, 5.74) is 1.85. The van der Waals surface area contributed by atoms with Gasteiger partial charge in [0.15, 0.2) is 0 Å². The molecule has 1 aromatic heterocycles. The first-order valence-electron chi connectivity index (χ1n) is 12.0. The van der Waals surface area contributed by atoms with E-state index in [1.165, 1.54) is 12.1 Å². The number of carbonyl (C=O) groups excluding carboxylic acids is 2. The van der Waals surface area contributed by atoms with Crippen LogP contribution >= 0.6 is 23.2 Å². The maximum atomic E-state index is 12.8. The molecule has 0 aliphatic carbocycles. The maximum Gasteiger partial charge on any atom is 0.254 e. The molecule has 1 heterocycles. The van der Waals surface area contributed by atoms with Gasteiger partial charge in [0, 0.05) is 24.6 Å². The zero-order chi connectivity index (χ0) is 27.5. The molecule has 0 aliphatic rings. The summed E-state index contributed by atoms with van der Waals surface area (Å²) < 4.78 is 0. The number of hydrogen-bond acceptors (Lipinski definition) is 6. The summed E-state index contributed by atoms with van der Waals surface area (Å²) in [6.07, 6.45) is 9.86. The van der Waals surface area contributed by atoms with Crippen LogP contribution < -0.4 is 10.2 Å². The summed E-state index contributed by atoms with van der Waals surface area (Å²) in [5.74, 6) is -0.903. The molecular weight excluding hydrogens is 525 g/mol. The molecule has 3 aromatic rings. The van der Waals surface area contributed by atoms with Crippen LogP contribution in [0.4, 0.5) is 11.6 Å². The van der Waals surface area contributed by atoms with Crippen LogP contribution in [0.1, 0.15) is 42.1 Å². The van der Waals surface area contributed by atoms with E-state index in [0.717, 1.165) is 36.8 Å². The van der Waals surface area contributed by atoms with Crippen molar-refractivity contribution >= 4 is 52.7 Å². The van der Waals surface area contributed by atoms with Crippen LogP contribution in [-0.2, 0) is 4.79 Å². The van der Waals surface area contributed by atoms with Crippen LogP contribution in [0.2, 0.25) is 10.0 Å². The van der Waals surface area contributed by atoms with Gasteiger partial charge >= 0.3 is 0 Å². The van der Waals surface area contributed by atoms with Crippen molar-refractivity contribution in [2.75, 3.05) is 11.4 Å². The van der Waals surface area contributed by atoms with Gasteiger partial charge < -0.3 is 20.5 Å². The molecule has 0 spiro atoms. The van der Waals surface area contributed by atoms with Crippen LogP contribution in [0, 0.1) is 5.21 Å². The number of nitrogens with one attached hydrogen (secondary N) is 1. The fourth-order valence-electron chi connectivity index (χ4n) is 3.61. The average Bonchev–Trinajstić information content (AvgIpc) is 2.93. The zero-order valence-electron chi connectivity index (χ0n) is 20.9. The molecule has 0 bridgehead atoms. The van der Waals surface area contributed by atoms with Crippen molar-refractivity contribution in [3.63, 3.8) is 0 Å². The lowest BCUT2D eigenvalue weighted by Gasteiger charge is -2.28. The fraction of sp³-hybridized carbons (Fsp3) is 0.214. The van der Waals surface area contributed by atoms with Gasteiger partial charge in [-0.25, -0.2) is 9.97 Å². The number of rotatable bonds is 12. The Labute approximate surface area is 232 Å². The Kier molecular flexibility index (Phi) is 10.8. The van der Waals surface area contributed by atoms with Gasteiger partial charge in [0.25, 0.3) is 5.91 Å². The second kappa shape index (κ2) is 14.3. The molecule has 0 saturated heterocycles. The smallest absolute Gasteiger partial charge is 0.254 e. The lowest BCUT2D eigenvalue weighted by molar-refractivity contribution is -0.128. The Morgan fingerprint density at radius 2 is 1.74 bits per heavy atom. The van der Waals surface area contributed by atoms with Crippen molar-refractivity contribution in [2.45, 2.75) is 32.2 Å². The highest BCUT2D eigenvalue weighted by Gasteiger charge is 2.23. The molecule has 3 rings (SSSR count). The van der Waals surface area contributed by atoms with Gasteiger partial charge in [0.05, 0.1) is 15.6 Å². The molecule has 0 radical (unpaired) electrons. The van der Waals surface area contributed by atoms with Gasteiger partial charge in [-0.3, -0.25) is 9.59 Å². The van der Waals surface area contributed by atoms with Gasteiger partial charge in [-0.15, -0.1) is 0 Å². The van der Waals surface area contributed by atoms with E-state index in [2.05, 4.69) is 33.7 Å². The number of benzene rings is 2. The summed E-state index contributed by atoms with van der Waals surface area (Å²) >= 11 is 12.2. The predicted octanol–water partition coefficient (Wildman–Crippen LogP) is 6.39. The molecule has 2 aromatic carbocycles. The van der Waals surface area contributed by atoms with Gasteiger partial charge in [0.1, 0.15) is 6.04 Å². The largest absolute Gasteiger partial charge is 0.752 e. The Hall–Kier alpha value is -3.72. The van der Waals surface area contributed by atoms with Gasteiger partial charge in [-0.2, -0.15) is 0 Å². The molecule has 0 aliphatic heterocycles. The minimum Gasteiger partial charge on any atom is -0.752 e. The Morgan fingerprint density at radius 1 is 1.08 bits per heavy atom. The van der Waals surface area contributed by atoms with Crippen LogP contribution in [0.5, 0.6) is 0 Å². The zero-order valence-corrected chi connectivity index (χ0v) is 22.4. The predicted molar refractivity (Wildman–Crippen MR) is 152 cm³/mol. The van der Waals surface area contributed by atoms with Gasteiger partial charge in [-0.05, 0) is 54.9 Å². The molecule has 1 unspecified atom stereocenters. The molecule has 0 saturated carbocycles. The molecule has 198 valence electrons. The van der Waals surface area contributed by atoms with Gasteiger partial charge in [0.2, 0.25) is 11.9 Å². The number of amides is 2. The first-order chi connectivity index (χ1) is 18.3. The maximum absolute atomic E-state index is 12.8. The first-order valence-corrected chi connectivity index (χ1v) is 12.8. The molecule has 0 fully saturated rings. The first kappa shape index (κ1) is 28.8.